The number of rotatable bonds is 3. The first-order valence-corrected chi connectivity index (χ1v) is 14.8. The van der Waals surface area contributed by atoms with Crippen LogP contribution < -0.4 is 15.7 Å². The summed E-state index contributed by atoms with van der Waals surface area (Å²) >= 11 is 1.64. The molecule has 5 aromatic carbocycles. The number of nitrogens with zero attached hydrogens (tertiary/aromatic N) is 4. The normalized spacial score (nSPS) is 12.4. The predicted molar refractivity (Wildman–Crippen MR) is 172 cm³/mol. The molecule has 7 heteroatoms. The van der Waals surface area contributed by atoms with E-state index in [0.717, 1.165) is 38.3 Å². The Morgan fingerprint density at radius 2 is 1.33 bits per heavy atom. The molecule has 0 N–H and O–H groups in total. The van der Waals surface area contributed by atoms with Gasteiger partial charge in [0.25, 0.3) is 6.85 Å². The molecule has 4 heterocycles. The molecule has 0 fully saturated rings. The Kier molecular flexibility index (Phi) is 6.29. The summed E-state index contributed by atoms with van der Waals surface area (Å²) in [6.45, 7) is -0.108. The minimum absolute atomic E-state index is 0. The van der Waals surface area contributed by atoms with Crippen LogP contribution in [0.4, 0.5) is 11.4 Å². The molecule has 2 aromatic heterocycles. The Balaban J connectivity index is 0.00000278. The van der Waals surface area contributed by atoms with Gasteiger partial charge in [0.15, 0.2) is 0 Å². The SMILES string of the molecule is [Pt+2].[c-]1c(-c2nccs2)ccc2c1B1c3[c-]c(-n4cc(-c5ccccc5)cn4)ccc3-c3ccccc3N1c1ccccc1-2. The number of thiazole rings is 1. The zero-order chi connectivity index (χ0) is 27.6. The molecule has 204 valence electrons. The Bertz CT molecular complexity index is 2120. The number of hydrogen-bond donors (Lipinski definition) is 0. The summed E-state index contributed by atoms with van der Waals surface area (Å²) in [6.07, 6.45) is 5.86. The quantitative estimate of drug-likeness (QED) is 0.142. The van der Waals surface area contributed by atoms with Gasteiger partial charge in [-0.2, -0.15) is 34.0 Å². The van der Waals surface area contributed by atoms with E-state index in [1.54, 1.807) is 11.3 Å². The van der Waals surface area contributed by atoms with Crippen LogP contribution in [0.1, 0.15) is 0 Å². The molecule has 0 amide bonds. The fourth-order valence-corrected chi connectivity index (χ4v) is 7.01. The summed E-state index contributed by atoms with van der Waals surface area (Å²) in [5.41, 5.74) is 13.6. The van der Waals surface area contributed by atoms with Crippen molar-refractivity contribution in [1.82, 2.24) is 14.8 Å². The largest absolute Gasteiger partial charge is 2.00 e. The van der Waals surface area contributed by atoms with E-state index in [1.165, 1.54) is 33.6 Å². The van der Waals surface area contributed by atoms with Gasteiger partial charge < -0.3 is 4.81 Å². The monoisotopic (exact) mass is 747 g/mol. The number of anilines is 2. The molecular weight excluding hydrogens is 726 g/mol. The number of aromatic nitrogens is 3. The smallest absolute Gasteiger partial charge is 0.381 e. The van der Waals surface area contributed by atoms with Gasteiger partial charge in [0.2, 0.25) is 0 Å². The van der Waals surface area contributed by atoms with Crippen LogP contribution in [0.5, 0.6) is 0 Å². The molecule has 0 aliphatic carbocycles. The van der Waals surface area contributed by atoms with Gasteiger partial charge in [0, 0.05) is 39.7 Å². The fourth-order valence-electron chi connectivity index (χ4n) is 6.39. The second-order valence-corrected chi connectivity index (χ2v) is 11.4. The van der Waals surface area contributed by atoms with Gasteiger partial charge >= 0.3 is 21.1 Å². The third-order valence-electron chi connectivity index (χ3n) is 8.25. The topological polar surface area (TPSA) is 34.0 Å². The van der Waals surface area contributed by atoms with E-state index in [9.17, 15) is 0 Å². The van der Waals surface area contributed by atoms with Crippen molar-refractivity contribution in [2.24, 2.45) is 0 Å². The van der Waals surface area contributed by atoms with E-state index in [2.05, 4.69) is 125 Å². The molecule has 0 radical (unpaired) electrons. The molecule has 9 rings (SSSR count). The van der Waals surface area contributed by atoms with Crippen molar-refractivity contribution in [1.29, 1.82) is 0 Å². The molecule has 0 saturated carbocycles. The first kappa shape index (κ1) is 26.1. The molecule has 0 spiro atoms. The number of para-hydroxylation sites is 2. The molecule has 0 saturated heterocycles. The summed E-state index contributed by atoms with van der Waals surface area (Å²) in [5.74, 6) is 0. The minimum Gasteiger partial charge on any atom is -0.381 e. The number of benzene rings is 5. The zero-order valence-electron chi connectivity index (χ0n) is 22.7. The second-order valence-electron chi connectivity index (χ2n) is 10.6. The van der Waals surface area contributed by atoms with Crippen molar-refractivity contribution in [2.75, 3.05) is 4.81 Å². The van der Waals surface area contributed by atoms with E-state index in [1.807, 2.05) is 28.5 Å². The maximum Gasteiger partial charge on any atom is 2.00 e. The number of hydrogen-bond acceptors (Lipinski definition) is 4. The van der Waals surface area contributed by atoms with Gasteiger partial charge in [-0.15, -0.1) is 46.4 Å². The molecular formula is C36H21BN4PtS. The van der Waals surface area contributed by atoms with Crippen molar-refractivity contribution >= 4 is 40.5 Å². The molecule has 4 nitrogen and oxygen atoms in total. The Morgan fingerprint density at radius 1 is 0.651 bits per heavy atom. The van der Waals surface area contributed by atoms with Crippen LogP contribution in [-0.4, -0.2) is 21.6 Å². The molecule has 2 aliphatic rings. The molecule has 2 aliphatic heterocycles. The van der Waals surface area contributed by atoms with Crippen molar-refractivity contribution in [3.8, 4) is 49.6 Å². The third-order valence-corrected chi connectivity index (χ3v) is 9.06. The van der Waals surface area contributed by atoms with Crippen LogP contribution in [0.15, 0.2) is 127 Å². The Morgan fingerprint density at radius 3 is 2.05 bits per heavy atom. The van der Waals surface area contributed by atoms with Gasteiger partial charge in [-0.25, -0.2) is 0 Å². The maximum atomic E-state index is 4.75. The van der Waals surface area contributed by atoms with Gasteiger partial charge in [-0.3, -0.25) is 9.67 Å². The summed E-state index contributed by atoms with van der Waals surface area (Å²) in [7, 11) is 0. The van der Waals surface area contributed by atoms with Crippen molar-refractivity contribution in [3.63, 3.8) is 0 Å². The van der Waals surface area contributed by atoms with Crippen LogP contribution in [0.3, 0.4) is 0 Å². The van der Waals surface area contributed by atoms with Crippen molar-refractivity contribution < 1.29 is 21.1 Å². The standard InChI is InChI=1S/C36H21BN4S.Pt/c1-2-8-24(9-3-1)26-22-39-40(23-26)27-15-17-29-31-11-5-7-13-35(31)41-34-12-6-4-10-30(34)28-16-14-25(36-38-18-19-42-36)20-32(28)37(41)33(29)21-27;/h1-19,22-23H;/q-2;+2. The second kappa shape index (κ2) is 10.3. The predicted octanol–water partition coefficient (Wildman–Crippen LogP) is 7.17. The summed E-state index contributed by atoms with van der Waals surface area (Å²) in [6, 6.07) is 44.1. The van der Waals surface area contributed by atoms with E-state index < -0.39 is 0 Å². The van der Waals surface area contributed by atoms with Gasteiger partial charge in [-0.05, 0) is 28.9 Å². The van der Waals surface area contributed by atoms with Crippen LogP contribution in [0, 0.1) is 12.1 Å². The van der Waals surface area contributed by atoms with Gasteiger partial charge in [0.1, 0.15) is 0 Å². The first-order chi connectivity index (χ1) is 20.8. The first-order valence-electron chi connectivity index (χ1n) is 13.9. The van der Waals surface area contributed by atoms with E-state index in [-0.39, 0.29) is 27.9 Å². The van der Waals surface area contributed by atoms with Gasteiger partial charge in [-0.1, -0.05) is 72.3 Å². The Labute approximate surface area is 268 Å². The number of fused-ring (bicyclic) bond motifs is 11. The molecule has 0 atom stereocenters. The average molecular weight is 748 g/mol. The van der Waals surface area contributed by atoms with Gasteiger partial charge in [0.05, 0.1) is 6.20 Å². The average Bonchev–Trinajstić information content (AvgIpc) is 3.78. The van der Waals surface area contributed by atoms with Crippen LogP contribution in [-0.2, 0) is 21.1 Å². The zero-order valence-corrected chi connectivity index (χ0v) is 25.8. The van der Waals surface area contributed by atoms with E-state index in [0.29, 0.717) is 0 Å². The van der Waals surface area contributed by atoms with E-state index >= 15 is 0 Å². The maximum absolute atomic E-state index is 4.75. The summed E-state index contributed by atoms with van der Waals surface area (Å²) in [4.78, 5) is 7.07. The third kappa shape index (κ3) is 4.09. The van der Waals surface area contributed by atoms with E-state index in [4.69, 9.17) is 5.10 Å². The molecule has 0 unspecified atom stereocenters. The van der Waals surface area contributed by atoms with Crippen molar-refractivity contribution in [3.05, 3.63) is 139 Å². The van der Waals surface area contributed by atoms with Crippen LogP contribution >= 0.6 is 11.3 Å². The van der Waals surface area contributed by atoms with Crippen LogP contribution in [0.25, 0.3) is 49.6 Å². The van der Waals surface area contributed by atoms with Crippen LogP contribution in [0.2, 0.25) is 0 Å². The molecule has 43 heavy (non-hydrogen) atoms. The molecule has 7 aromatic rings. The van der Waals surface area contributed by atoms with Crippen molar-refractivity contribution in [2.45, 2.75) is 0 Å². The fraction of sp³-hybridized carbons (Fsp3) is 0. The Hall–Kier alpha value is -4.51. The summed E-state index contributed by atoms with van der Waals surface area (Å²) < 4.78 is 1.93. The summed E-state index contributed by atoms with van der Waals surface area (Å²) in [5, 5.41) is 7.74. The minimum atomic E-state index is -0.108. The molecule has 0 bridgehead atoms.